The first-order chi connectivity index (χ1) is 13.9. The van der Waals surface area contributed by atoms with Gasteiger partial charge in [-0.2, -0.15) is 9.62 Å². The Morgan fingerprint density at radius 2 is 1.89 bits per heavy atom. The van der Waals surface area contributed by atoms with Crippen molar-refractivity contribution in [1.29, 1.82) is 0 Å². The number of nitrogens with zero attached hydrogens (tertiary/aromatic N) is 5. The molecule has 0 radical (unpaired) electrons. The second-order valence-corrected chi connectivity index (χ2v) is 6.46. The standard InChI is InChI=1S/C21H22N6O/c1-2-3-8-13-28-19-12-7-4-9-16(19)14-22-24-20-17-10-5-6-11-18(17)21-25-23-15-27(21)26-20/h4-7,9-12,14-15H,2-3,8,13H2,1H3,(H,24,26)/b22-14-. The van der Waals surface area contributed by atoms with Crippen LogP contribution < -0.4 is 10.2 Å². The number of benzene rings is 2. The van der Waals surface area contributed by atoms with E-state index in [-0.39, 0.29) is 0 Å². The van der Waals surface area contributed by atoms with Gasteiger partial charge in [-0.1, -0.05) is 56.2 Å². The highest BCUT2D eigenvalue weighted by molar-refractivity contribution is 6.00. The van der Waals surface area contributed by atoms with Crippen LogP contribution in [0, 0.1) is 0 Å². The summed E-state index contributed by atoms with van der Waals surface area (Å²) in [5.41, 5.74) is 4.68. The molecule has 2 aromatic heterocycles. The Hall–Kier alpha value is -3.48. The van der Waals surface area contributed by atoms with E-state index in [2.05, 4.69) is 32.7 Å². The number of ether oxygens (including phenoxy) is 1. The Morgan fingerprint density at radius 3 is 2.79 bits per heavy atom. The summed E-state index contributed by atoms with van der Waals surface area (Å²) in [5.74, 6) is 1.47. The lowest BCUT2D eigenvalue weighted by molar-refractivity contribution is 0.306. The average Bonchev–Trinajstić information content (AvgIpc) is 3.21. The molecule has 0 spiro atoms. The average molecular weight is 374 g/mol. The van der Waals surface area contributed by atoms with E-state index in [1.165, 1.54) is 12.8 Å². The molecule has 28 heavy (non-hydrogen) atoms. The lowest BCUT2D eigenvalue weighted by atomic mass is 10.2. The third-order valence-electron chi connectivity index (χ3n) is 4.46. The third-order valence-corrected chi connectivity index (χ3v) is 4.46. The van der Waals surface area contributed by atoms with E-state index in [1.54, 1.807) is 17.1 Å². The van der Waals surface area contributed by atoms with E-state index >= 15 is 0 Å². The van der Waals surface area contributed by atoms with Crippen molar-refractivity contribution in [3.8, 4) is 5.75 Å². The first-order valence-corrected chi connectivity index (χ1v) is 9.46. The molecule has 4 aromatic rings. The predicted molar refractivity (Wildman–Crippen MR) is 111 cm³/mol. The van der Waals surface area contributed by atoms with Crippen molar-refractivity contribution >= 4 is 28.5 Å². The molecule has 7 heteroatoms. The van der Waals surface area contributed by atoms with Crippen LogP contribution in [-0.4, -0.2) is 32.6 Å². The summed E-state index contributed by atoms with van der Waals surface area (Å²) >= 11 is 0. The van der Waals surface area contributed by atoms with E-state index in [1.807, 2.05) is 48.5 Å². The molecule has 4 rings (SSSR count). The molecule has 2 heterocycles. The van der Waals surface area contributed by atoms with Gasteiger partial charge in [0.2, 0.25) is 0 Å². The number of anilines is 1. The van der Waals surface area contributed by atoms with Crippen LogP contribution in [0.1, 0.15) is 31.7 Å². The molecule has 2 aromatic carbocycles. The summed E-state index contributed by atoms with van der Waals surface area (Å²) in [7, 11) is 0. The number of unbranched alkanes of at least 4 members (excludes halogenated alkanes) is 2. The zero-order valence-corrected chi connectivity index (χ0v) is 15.7. The van der Waals surface area contributed by atoms with E-state index < -0.39 is 0 Å². The van der Waals surface area contributed by atoms with Crippen LogP contribution in [0.25, 0.3) is 16.4 Å². The van der Waals surface area contributed by atoms with E-state index in [0.29, 0.717) is 12.4 Å². The largest absolute Gasteiger partial charge is 0.493 e. The maximum absolute atomic E-state index is 5.90. The van der Waals surface area contributed by atoms with Crippen LogP contribution in [0.4, 0.5) is 5.82 Å². The number of hydrogen-bond donors (Lipinski definition) is 1. The van der Waals surface area contributed by atoms with Crippen LogP contribution in [0.5, 0.6) is 5.75 Å². The summed E-state index contributed by atoms with van der Waals surface area (Å²) < 4.78 is 7.55. The van der Waals surface area contributed by atoms with E-state index in [9.17, 15) is 0 Å². The molecule has 0 bridgehead atoms. The van der Waals surface area contributed by atoms with Gasteiger partial charge in [0.1, 0.15) is 12.1 Å². The normalized spacial score (nSPS) is 11.5. The molecule has 0 saturated carbocycles. The highest BCUT2D eigenvalue weighted by atomic mass is 16.5. The minimum absolute atomic E-state index is 0.639. The Morgan fingerprint density at radius 1 is 1.07 bits per heavy atom. The van der Waals surface area contributed by atoms with Crippen molar-refractivity contribution in [1.82, 2.24) is 19.8 Å². The summed E-state index contributed by atoms with van der Waals surface area (Å²) in [6.45, 7) is 2.89. The van der Waals surface area contributed by atoms with Crippen LogP contribution >= 0.6 is 0 Å². The molecule has 1 N–H and O–H groups in total. The number of fused-ring (bicyclic) bond motifs is 3. The molecule has 0 aliphatic rings. The molecule has 0 aliphatic heterocycles. The number of rotatable bonds is 8. The smallest absolute Gasteiger partial charge is 0.185 e. The fraction of sp³-hybridized carbons (Fsp3) is 0.238. The topological polar surface area (TPSA) is 76.7 Å². The Bertz CT molecular complexity index is 1100. The van der Waals surface area contributed by atoms with Gasteiger partial charge < -0.3 is 4.74 Å². The van der Waals surface area contributed by atoms with Gasteiger partial charge in [-0.3, -0.25) is 5.43 Å². The fourth-order valence-corrected chi connectivity index (χ4v) is 3.02. The second kappa shape index (κ2) is 8.47. The number of nitrogens with one attached hydrogen (secondary N) is 1. The molecule has 0 amide bonds. The van der Waals surface area contributed by atoms with Gasteiger partial charge in [-0.15, -0.1) is 15.3 Å². The minimum atomic E-state index is 0.639. The monoisotopic (exact) mass is 374 g/mol. The zero-order valence-electron chi connectivity index (χ0n) is 15.7. The number of para-hydroxylation sites is 1. The third kappa shape index (κ3) is 3.78. The number of aromatic nitrogens is 4. The molecule has 0 unspecified atom stereocenters. The van der Waals surface area contributed by atoms with Crippen molar-refractivity contribution in [2.75, 3.05) is 12.0 Å². The molecule has 0 fully saturated rings. The molecular formula is C21H22N6O. The Balaban J connectivity index is 1.55. The molecule has 0 atom stereocenters. The quantitative estimate of drug-likeness (QED) is 0.283. The fourth-order valence-electron chi connectivity index (χ4n) is 3.02. The second-order valence-electron chi connectivity index (χ2n) is 6.46. The highest BCUT2D eigenvalue weighted by Gasteiger charge is 2.09. The van der Waals surface area contributed by atoms with Gasteiger partial charge >= 0.3 is 0 Å². The zero-order chi connectivity index (χ0) is 19.2. The van der Waals surface area contributed by atoms with E-state index in [4.69, 9.17) is 4.74 Å². The van der Waals surface area contributed by atoms with Gasteiger partial charge in [0.15, 0.2) is 11.5 Å². The molecule has 0 aliphatic carbocycles. The maximum Gasteiger partial charge on any atom is 0.185 e. The van der Waals surface area contributed by atoms with Gasteiger partial charge in [0.05, 0.1) is 12.8 Å². The summed E-state index contributed by atoms with van der Waals surface area (Å²) in [6, 6.07) is 15.8. The van der Waals surface area contributed by atoms with Crippen molar-refractivity contribution in [2.24, 2.45) is 5.10 Å². The number of hydrogen-bond acceptors (Lipinski definition) is 6. The van der Waals surface area contributed by atoms with Gasteiger partial charge in [-0.25, -0.2) is 0 Å². The Kier molecular flexibility index (Phi) is 5.42. The van der Waals surface area contributed by atoms with Crippen molar-refractivity contribution in [3.05, 3.63) is 60.4 Å². The molecular weight excluding hydrogens is 352 g/mol. The van der Waals surface area contributed by atoms with Crippen molar-refractivity contribution in [2.45, 2.75) is 26.2 Å². The summed E-state index contributed by atoms with van der Waals surface area (Å²) in [6.07, 6.45) is 6.73. The lowest BCUT2D eigenvalue weighted by Gasteiger charge is -2.09. The van der Waals surface area contributed by atoms with Crippen LogP contribution in [0.2, 0.25) is 0 Å². The SMILES string of the molecule is CCCCCOc1ccccc1/C=N\Nc1nn2cnnc2c2ccccc12. The first kappa shape index (κ1) is 17.9. The van der Waals surface area contributed by atoms with Crippen LogP contribution in [0.3, 0.4) is 0 Å². The van der Waals surface area contributed by atoms with E-state index in [0.717, 1.165) is 34.2 Å². The number of hydrazone groups is 1. The van der Waals surface area contributed by atoms with Gasteiger partial charge in [0, 0.05) is 16.3 Å². The maximum atomic E-state index is 5.90. The lowest BCUT2D eigenvalue weighted by Crippen LogP contribution is -2.02. The minimum Gasteiger partial charge on any atom is -0.493 e. The summed E-state index contributed by atoms with van der Waals surface area (Å²) in [5, 5.41) is 18.9. The van der Waals surface area contributed by atoms with Crippen molar-refractivity contribution < 1.29 is 4.74 Å². The van der Waals surface area contributed by atoms with Gasteiger partial charge in [0.25, 0.3) is 0 Å². The Labute approximate surface area is 163 Å². The van der Waals surface area contributed by atoms with Crippen LogP contribution in [-0.2, 0) is 0 Å². The highest BCUT2D eigenvalue weighted by Crippen LogP contribution is 2.24. The molecule has 7 nitrogen and oxygen atoms in total. The molecule has 0 saturated heterocycles. The van der Waals surface area contributed by atoms with Crippen LogP contribution in [0.15, 0.2) is 60.0 Å². The predicted octanol–water partition coefficient (Wildman–Crippen LogP) is 4.29. The first-order valence-electron chi connectivity index (χ1n) is 9.46. The van der Waals surface area contributed by atoms with Gasteiger partial charge in [-0.05, 0) is 18.6 Å². The van der Waals surface area contributed by atoms with Crippen molar-refractivity contribution in [3.63, 3.8) is 0 Å². The molecule has 142 valence electrons. The summed E-state index contributed by atoms with van der Waals surface area (Å²) in [4.78, 5) is 0.